The summed E-state index contributed by atoms with van der Waals surface area (Å²) in [6, 6.07) is 16.7. The molecule has 2 aromatic rings. The predicted molar refractivity (Wildman–Crippen MR) is 116 cm³/mol. The predicted octanol–water partition coefficient (Wildman–Crippen LogP) is 5.33. The number of aliphatic hydroxyl groups is 1. The van der Waals surface area contributed by atoms with E-state index in [1.165, 1.54) is 17.7 Å². The molecule has 0 spiro atoms. The van der Waals surface area contributed by atoms with E-state index in [9.17, 15) is 14.3 Å². The largest absolute Gasteiger partial charge is 0.458 e. The van der Waals surface area contributed by atoms with Crippen molar-refractivity contribution in [2.75, 3.05) is 0 Å². The fourth-order valence-corrected chi connectivity index (χ4v) is 4.24. The lowest BCUT2D eigenvalue weighted by molar-refractivity contribution is -0.156. The summed E-state index contributed by atoms with van der Waals surface area (Å²) >= 11 is 0. The van der Waals surface area contributed by atoms with Crippen LogP contribution in [0, 0.1) is 11.2 Å². The van der Waals surface area contributed by atoms with Gasteiger partial charge < -0.3 is 9.84 Å². The van der Waals surface area contributed by atoms with Gasteiger partial charge in [-0.1, -0.05) is 62.4 Å². The topological polar surface area (TPSA) is 46.5 Å². The Balaban J connectivity index is 1.76. The molecule has 2 atom stereocenters. The highest BCUT2D eigenvalue weighted by molar-refractivity contribution is 5.96. The summed E-state index contributed by atoms with van der Waals surface area (Å²) in [6.45, 7) is 4.31. The van der Waals surface area contributed by atoms with Gasteiger partial charge in [-0.3, -0.25) is 4.79 Å². The first-order valence-electron chi connectivity index (χ1n) is 10.2. The summed E-state index contributed by atoms with van der Waals surface area (Å²) in [4.78, 5) is 11.7. The smallest absolute Gasteiger partial charge is 0.309 e. The Morgan fingerprint density at radius 3 is 2.43 bits per heavy atom. The molecule has 1 aliphatic carbocycles. The lowest BCUT2D eigenvalue weighted by atomic mass is 9.77. The summed E-state index contributed by atoms with van der Waals surface area (Å²) in [5, 5.41) is 9.90. The van der Waals surface area contributed by atoms with Crippen molar-refractivity contribution in [3.63, 3.8) is 0 Å². The molecule has 0 saturated carbocycles. The molecule has 154 valence electrons. The fraction of sp³-hybridized carbons (Fsp3) is 0.269. The Morgan fingerprint density at radius 2 is 1.77 bits per heavy atom. The van der Waals surface area contributed by atoms with E-state index in [0.29, 0.717) is 6.42 Å². The van der Waals surface area contributed by atoms with Gasteiger partial charge in [0.05, 0.1) is 12.5 Å². The Hall–Kier alpha value is -2.98. The van der Waals surface area contributed by atoms with Crippen LogP contribution in [0.2, 0.25) is 0 Å². The molecular weight excluding hydrogens is 379 g/mol. The molecule has 2 aliphatic rings. The molecule has 0 aromatic heterocycles. The van der Waals surface area contributed by atoms with Crippen molar-refractivity contribution in [1.82, 2.24) is 0 Å². The van der Waals surface area contributed by atoms with Crippen molar-refractivity contribution in [2.24, 2.45) is 5.41 Å². The van der Waals surface area contributed by atoms with Crippen LogP contribution in [0.5, 0.6) is 0 Å². The van der Waals surface area contributed by atoms with Crippen LogP contribution in [0.3, 0.4) is 0 Å². The molecule has 0 bridgehead atoms. The monoisotopic (exact) mass is 404 g/mol. The zero-order valence-corrected chi connectivity index (χ0v) is 17.1. The molecule has 3 nitrogen and oxygen atoms in total. The van der Waals surface area contributed by atoms with Crippen molar-refractivity contribution in [2.45, 2.75) is 38.9 Å². The fourth-order valence-electron chi connectivity index (χ4n) is 4.24. The molecule has 30 heavy (non-hydrogen) atoms. The van der Waals surface area contributed by atoms with E-state index >= 15 is 0 Å². The maximum absolute atomic E-state index is 13.5. The molecule has 1 fully saturated rings. The number of carbonyl (C=O) groups excluding carboxylic acids is 1. The van der Waals surface area contributed by atoms with Gasteiger partial charge in [-0.2, -0.15) is 0 Å². The van der Waals surface area contributed by atoms with Crippen molar-refractivity contribution in [3.05, 3.63) is 95.3 Å². The highest BCUT2D eigenvalue weighted by Crippen LogP contribution is 2.51. The van der Waals surface area contributed by atoms with Crippen LogP contribution in [-0.2, 0) is 9.53 Å². The SMILES string of the molecule is CC1(C)C(c2ccccc2)=CC(c2ccc(F)cc2)=C1/C=C/[C@@H]1C[C@@H](O)CC(=O)O1. The van der Waals surface area contributed by atoms with Gasteiger partial charge in [-0.25, -0.2) is 4.39 Å². The second kappa shape index (κ2) is 8.04. The van der Waals surface area contributed by atoms with Gasteiger partial charge in [0.1, 0.15) is 11.9 Å². The third-order valence-electron chi connectivity index (χ3n) is 5.83. The average Bonchev–Trinajstić information content (AvgIpc) is 2.97. The van der Waals surface area contributed by atoms with Gasteiger partial charge in [0.25, 0.3) is 0 Å². The normalized spacial score (nSPS) is 23.6. The lowest BCUT2D eigenvalue weighted by Crippen LogP contribution is -2.31. The maximum Gasteiger partial charge on any atom is 0.309 e. The van der Waals surface area contributed by atoms with Crippen molar-refractivity contribution in [1.29, 1.82) is 0 Å². The third kappa shape index (κ3) is 4.01. The molecule has 4 rings (SSSR count). The number of allylic oxidation sites excluding steroid dienone is 5. The molecule has 4 heteroatoms. The average molecular weight is 404 g/mol. The van der Waals surface area contributed by atoms with Gasteiger partial charge in [-0.05, 0) is 52.1 Å². The molecule has 0 unspecified atom stereocenters. The number of rotatable bonds is 4. The maximum atomic E-state index is 13.5. The Labute approximate surface area is 176 Å². The minimum atomic E-state index is -0.680. The van der Waals surface area contributed by atoms with Crippen molar-refractivity contribution < 1.29 is 19.0 Å². The molecule has 1 N–H and O–H groups in total. The second-order valence-electron chi connectivity index (χ2n) is 8.36. The molecule has 1 saturated heterocycles. The number of ether oxygens (including phenoxy) is 1. The zero-order valence-electron chi connectivity index (χ0n) is 17.1. The summed E-state index contributed by atoms with van der Waals surface area (Å²) in [5.41, 5.74) is 4.99. The van der Waals surface area contributed by atoms with E-state index in [-0.39, 0.29) is 23.6 Å². The Bertz CT molecular complexity index is 1030. The highest BCUT2D eigenvalue weighted by Gasteiger charge is 2.35. The van der Waals surface area contributed by atoms with Gasteiger partial charge >= 0.3 is 5.97 Å². The minimum absolute atomic E-state index is 0.0407. The summed E-state index contributed by atoms with van der Waals surface area (Å²) in [5.74, 6) is -0.658. The van der Waals surface area contributed by atoms with Crippen LogP contribution < -0.4 is 0 Å². The molecule has 0 radical (unpaired) electrons. The first-order chi connectivity index (χ1) is 14.3. The number of aliphatic hydroxyl groups excluding tert-OH is 1. The second-order valence-corrected chi connectivity index (χ2v) is 8.36. The number of hydrogen-bond acceptors (Lipinski definition) is 3. The van der Waals surface area contributed by atoms with Crippen LogP contribution in [0.25, 0.3) is 11.1 Å². The number of benzene rings is 2. The zero-order chi connectivity index (χ0) is 21.3. The number of cyclic esters (lactones) is 1. The van der Waals surface area contributed by atoms with Crippen molar-refractivity contribution >= 4 is 17.1 Å². The van der Waals surface area contributed by atoms with E-state index in [1.807, 2.05) is 30.4 Å². The minimum Gasteiger partial charge on any atom is -0.458 e. The summed E-state index contributed by atoms with van der Waals surface area (Å²) < 4.78 is 18.9. The number of carbonyl (C=O) groups is 1. The van der Waals surface area contributed by atoms with Crippen molar-refractivity contribution in [3.8, 4) is 0 Å². The van der Waals surface area contributed by atoms with Gasteiger partial charge in [-0.15, -0.1) is 0 Å². The third-order valence-corrected chi connectivity index (χ3v) is 5.83. The first-order valence-corrected chi connectivity index (χ1v) is 10.2. The van der Waals surface area contributed by atoms with E-state index in [1.54, 1.807) is 12.1 Å². The van der Waals surface area contributed by atoms with Gasteiger partial charge in [0.15, 0.2) is 0 Å². The highest BCUT2D eigenvalue weighted by atomic mass is 19.1. The quantitative estimate of drug-likeness (QED) is 0.701. The molecule has 1 heterocycles. The molecular formula is C26H25FO3. The van der Waals surface area contributed by atoms with Crippen LogP contribution in [-0.4, -0.2) is 23.3 Å². The van der Waals surface area contributed by atoms with Crippen LogP contribution in [0.15, 0.2) is 78.4 Å². The van der Waals surface area contributed by atoms with Gasteiger partial charge in [0.2, 0.25) is 0 Å². The standard InChI is InChI=1S/C26H25FO3/c1-26(2)23(13-12-21-14-20(28)15-25(29)30-21)22(17-8-10-19(27)11-9-17)16-24(26)18-6-4-3-5-7-18/h3-13,16,20-21,28H,14-15H2,1-2H3/b13-12+/t20-,21-/m1/s1. The van der Waals surface area contributed by atoms with E-state index in [4.69, 9.17) is 4.74 Å². The van der Waals surface area contributed by atoms with E-state index < -0.39 is 12.2 Å². The lowest BCUT2D eigenvalue weighted by Gasteiger charge is -2.28. The molecule has 1 aliphatic heterocycles. The number of esters is 1. The Morgan fingerprint density at radius 1 is 1.07 bits per heavy atom. The van der Waals surface area contributed by atoms with E-state index in [0.717, 1.165) is 22.3 Å². The summed E-state index contributed by atoms with van der Waals surface area (Å²) in [7, 11) is 0. The first kappa shape index (κ1) is 20.3. The van der Waals surface area contributed by atoms with Crippen LogP contribution in [0.1, 0.15) is 37.8 Å². The van der Waals surface area contributed by atoms with Crippen LogP contribution >= 0.6 is 0 Å². The van der Waals surface area contributed by atoms with Gasteiger partial charge in [0, 0.05) is 11.8 Å². The summed E-state index contributed by atoms with van der Waals surface area (Å²) in [6.07, 6.45) is 5.29. The van der Waals surface area contributed by atoms with Crippen LogP contribution in [0.4, 0.5) is 4.39 Å². The Kier molecular flexibility index (Phi) is 5.44. The molecule has 2 aromatic carbocycles. The number of hydrogen-bond donors (Lipinski definition) is 1. The number of halogens is 1. The molecule has 0 amide bonds. The van der Waals surface area contributed by atoms with E-state index in [2.05, 4.69) is 32.1 Å².